The molecule has 0 aliphatic heterocycles. The van der Waals surface area contributed by atoms with Gasteiger partial charge < -0.3 is 0 Å². The van der Waals surface area contributed by atoms with Crippen LogP contribution in [0.1, 0.15) is 35.7 Å². The smallest absolute Gasteiger partial charge is 0.162 e. The molecule has 2 heteroatoms. The summed E-state index contributed by atoms with van der Waals surface area (Å²) in [6, 6.07) is 7.40. The number of carbonyl (C=O) groups excluding carboxylic acids is 1. The van der Waals surface area contributed by atoms with Crippen LogP contribution in [0, 0.1) is 11.8 Å². The van der Waals surface area contributed by atoms with Crippen LogP contribution in [-0.2, 0) is 0 Å². The second-order valence-corrected chi connectivity index (χ2v) is 3.48. The van der Waals surface area contributed by atoms with Crippen molar-refractivity contribution in [1.29, 1.82) is 0 Å². The number of halogens is 1. The highest BCUT2D eigenvalue weighted by atomic mass is 35.5. The van der Waals surface area contributed by atoms with E-state index in [4.69, 9.17) is 11.6 Å². The van der Waals surface area contributed by atoms with Crippen molar-refractivity contribution in [3.05, 3.63) is 35.4 Å². The zero-order valence-corrected chi connectivity index (χ0v) is 9.47. The lowest BCUT2D eigenvalue weighted by atomic mass is 10.1. The van der Waals surface area contributed by atoms with Crippen molar-refractivity contribution in [3.63, 3.8) is 0 Å². The van der Waals surface area contributed by atoms with E-state index in [0.29, 0.717) is 18.7 Å². The van der Waals surface area contributed by atoms with Gasteiger partial charge in [0.1, 0.15) is 0 Å². The summed E-state index contributed by atoms with van der Waals surface area (Å²) >= 11 is 5.52. The number of rotatable bonds is 3. The Bertz CT molecular complexity index is 398. The van der Waals surface area contributed by atoms with Gasteiger partial charge in [-0.05, 0) is 12.1 Å². The second kappa shape index (κ2) is 6.27. The predicted molar refractivity (Wildman–Crippen MR) is 63.3 cm³/mol. The van der Waals surface area contributed by atoms with Gasteiger partial charge in [-0.3, -0.25) is 4.79 Å². The zero-order chi connectivity index (χ0) is 11.1. The average molecular weight is 221 g/mol. The third-order valence-corrected chi connectivity index (χ3v) is 2.15. The standard InChI is InChI=1S/C13H13ClO/c1-2-13(15)12-8-5-7-11(10-12)6-3-4-9-14/h5,7-8,10H,2,4,9H2,1H3. The van der Waals surface area contributed by atoms with Gasteiger partial charge in [0.25, 0.3) is 0 Å². The van der Waals surface area contributed by atoms with Crippen LogP contribution in [0.3, 0.4) is 0 Å². The maximum absolute atomic E-state index is 11.4. The molecular weight excluding hydrogens is 208 g/mol. The van der Waals surface area contributed by atoms with Crippen LogP contribution in [0.5, 0.6) is 0 Å². The summed E-state index contributed by atoms with van der Waals surface area (Å²) in [6.07, 6.45) is 1.20. The Balaban J connectivity index is 2.84. The van der Waals surface area contributed by atoms with Gasteiger partial charge in [0.15, 0.2) is 5.78 Å². The van der Waals surface area contributed by atoms with Gasteiger partial charge in [0.2, 0.25) is 0 Å². The van der Waals surface area contributed by atoms with Crippen molar-refractivity contribution < 1.29 is 4.79 Å². The topological polar surface area (TPSA) is 17.1 Å². The lowest BCUT2D eigenvalue weighted by Gasteiger charge is -1.97. The number of ketones is 1. The molecule has 0 bridgehead atoms. The molecule has 0 heterocycles. The highest BCUT2D eigenvalue weighted by Crippen LogP contribution is 2.06. The van der Waals surface area contributed by atoms with Crippen molar-refractivity contribution in [2.24, 2.45) is 0 Å². The molecule has 0 N–H and O–H groups in total. The summed E-state index contributed by atoms with van der Waals surface area (Å²) in [6.45, 7) is 1.86. The normalized spacial score (nSPS) is 9.20. The van der Waals surface area contributed by atoms with Crippen LogP contribution >= 0.6 is 11.6 Å². The minimum Gasteiger partial charge on any atom is -0.294 e. The van der Waals surface area contributed by atoms with E-state index in [9.17, 15) is 4.79 Å². The number of Topliss-reactive ketones (excluding diaryl/α,β-unsaturated/α-hetero) is 1. The van der Waals surface area contributed by atoms with Gasteiger partial charge in [-0.15, -0.1) is 11.6 Å². The van der Waals surface area contributed by atoms with Gasteiger partial charge in [0.05, 0.1) is 0 Å². The van der Waals surface area contributed by atoms with E-state index in [2.05, 4.69) is 11.8 Å². The Morgan fingerprint density at radius 2 is 2.27 bits per heavy atom. The SMILES string of the molecule is CCC(=O)c1cccc(C#CCCCl)c1. The first kappa shape index (κ1) is 11.8. The number of hydrogen-bond donors (Lipinski definition) is 0. The molecule has 1 aromatic rings. The first-order valence-electron chi connectivity index (χ1n) is 4.96. The molecule has 0 saturated carbocycles. The Morgan fingerprint density at radius 3 is 2.93 bits per heavy atom. The largest absolute Gasteiger partial charge is 0.294 e. The van der Waals surface area contributed by atoms with Gasteiger partial charge in [-0.25, -0.2) is 0 Å². The predicted octanol–water partition coefficient (Wildman–Crippen LogP) is 3.26. The van der Waals surface area contributed by atoms with E-state index >= 15 is 0 Å². The molecule has 78 valence electrons. The number of carbonyl (C=O) groups is 1. The maximum atomic E-state index is 11.4. The van der Waals surface area contributed by atoms with E-state index in [1.54, 1.807) is 0 Å². The molecule has 0 atom stereocenters. The Hall–Kier alpha value is -1.26. The first-order valence-corrected chi connectivity index (χ1v) is 5.49. The van der Waals surface area contributed by atoms with Gasteiger partial charge >= 0.3 is 0 Å². The number of alkyl halides is 1. The van der Waals surface area contributed by atoms with Crippen LogP contribution in [0.25, 0.3) is 0 Å². The van der Waals surface area contributed by atoms with Crippen LogP contribution in [0.15, 0.2) is 24.3 Å². The van der Waals surface area contributed by atoms with Crippen molar-refractivity contribution in [2.45, 2.75) is 19.8 Å². The fraction of sp³-hybridized carbons (Fsp3) is 0.308. The molecule has 0 unspecified atom stereocenters. The molecule has 0 aliphatic carbocycles. The quantitative estimate of drug-likeness (QED) is 0.434. The van der Waals surface area contributed by atoms with Crippen LogP contribution in [-0.4, -0.2) is 11.7 Å². The fourth-order valence-corrected chi connectivity index (χ4v) is 1.28. The van der Waals surface area contributed by atoms with Gasteiger partial charge in [-0.2, -0.15) is 0 Å². The molecule has 0 radical (unpaired) electrons. The summed E-state index contributed by atoms with van der Waals surface area (Å²) in [7, 11) is 0. The van der Waals surface area contributed by atoms with E-state index in [1.807, 2.05) is 31.2 Å². The molecule has 1 rings (SSSR count). The monoisotopic (exact) mass is 220 g/mol. The molecule has 0 aliphatic rings. The molecule has 1 aromatic carbocycles. The molecular formula is C13H13ClO. The fourth-order valence-electron chi connectivity index (χ4n) is 1.19. The lowest BCUT2D eigenvalue weighted by Crippen LogP contribution is -1.96. The Kier molecular flexibility index (Phi) is 4.93. The summed E-state index contributed by atoms with van der Waals surface area (Å²) in [4.78, 5) is 11.4. The van der Waals surface area contributed by atoms with Crippen molar-refractivity contribution in [3.8, 4) is 11.8 Å². The summed E-state index contributed by atoms with van der Waals surface area (Å²) in [5, 5.41) is 0. The lowest BCUT2D eigenvalue weighted by molar-refractivity contribution is 0.0988. The Labute approximate surface area is 95.5 Å². The van der Waals surface area contributed by atoms with Crippen LogP contribution in [0.4, 0.5) is 0 Å². The molecule has 1 nitrogen and oxygen atoms in total. The highest BCUT2D eigenvalue weighted by Gasteiger charge is 2.01. The third-order valence-electron chi connectivity index (χ3n) is 1.96. The minimum atomic E-state index is 0.149. The highest BCUT2D eigenvalue weighted by molar-refractivity contribution is 6.18. The maximum Gasteiger partial charge on any atom is 0.162 e. The zero-order valence-electron chi connectivity index (χ0n) is 8.72. The molecule has 15 heavy (non-hydrogen) atoms. The van der Waals surface area contributed by atoms with E-state index < -0.39 is 0 Å². The third kappa shape index (κ3) is 3.77. The first-order chi connectivity index (χ1) is 7.27. The van der Waals surface area contributed by atoms with Crippen molar-refractivity contribution in [2.75, 3.05) is 5.88 Å². The molecule has 0 fully saturated rings. The van der Waals surface area contributed by atoms with Gasteiger partial charge in [-0.1, -0.05) is 30.9 Å². The minimum absolute atomic E-state index is 0.149. The molecule has 0 saturated heterocycles. The van der Waals surface area contributed by atoms with E-state index in [-0.39, 0.29) is 5.78 Å². The number of benzene rings is 1. The van der Waals surface area contributed by atoms with Crippen molar-refractivity contribution in [1.82, 2.24) is 0 Å². The average Bonchev–Trinajstić information content (AvgIpc) is 2.29. The molecule has 0 amide bonds. The molecule has 0 spiro atoms. The van der Waals surface area contributed by atoms with Crippen LogP contribution in [0.2, 0.25) is 0 Å². The summed E-state index contributed by atoms with van der Waals surface area (Å²) in [5.74, 6) is 6.61. The summed E-state index contributed by atoms with van der Waals surface area (Å²) in [5.41, 5.74) is 1.61. The Morgan fingerprint density at radius 1 is 1.47 bits per heavy atom. The van der Waals surface area contributed by atoms with Crippen molar-refractivity contribution >= 4 is 17.4 Å². The van der Waals surface area contributed by atoms with E-state index in [1.165, 1.54) is 0 Å². The van der Waals surface area contributed by atoms with Gasteiger partial charge in [0, 0.05) is 29.8 Å². The second-order valence-electron chi connectivity index (χ2n) is 3.10. The van der Waals surface area contributed by atoms with E-state index in [0.717, 1.165) is 11.1 Å². The summed E-state index contributed by atoms with van der Waals surface area (Å²) < 4.78 is 0. The molecule has 0 aromatic heterocycles. The number of hydrogen-bond acceptors (Lipinski definition) is 1. The van der Waals surface area contributed by atoms with Crippen LogP contribution < -0.4 is 0 Å².